The van der Waals surface area contributed by atoms with Crippen molar-refractivity contribution in [2.24, 2.45) is 4.99 Å². The largest absolute Gasteiger partial charge is 0.497 e. The third-order valence-electron chi connectivity index (χ3n) is 5.19. The number of aromatic nitrogens is 1. The second-order valence-electron chi connectivity index (χ2n) is 7.66. The Morgan fingerprint density at radius 2 is 1.76 bits per heavy atom. The zero-order valence-electron chi connectivity index (χ0n) is 19.8. The average Bonchev–Trinajstić information content (AvgIpc) is 3.19. The Morgan fingerprint density at radius 3 is 2.41 bits per heavy atom. The number of carbonyl (C=O) groups excluding carboxylic acids is 2. The monoisotopic (exact) mass is 603 g/mol. The molecule has 4 rings (SSSR count). The van der Waals surface area contributed by atoms with E-state index in [2.05, 4.69) is 25.6 Å². The molecule has 0 bridgehead atoms. The van der Waals surface area contributed by atoms with Gasteiger partial charge in [0.15, 0.2) is 4.80 Å². The number of benzene rings is 3. The summed E-state index contributed by atoms with van der Waals surface area (Å²) in [6.45, 7) is 1.88. The highest BCUT2D eigenvalue weighted by Gasteiger charge is 2.16. The Kier molecular flexibility index (Phi) is 8.10. The summed E-state index contributed by atoms with van der Waals surface area (Å²) in [5.74, 6) is -0.430. The molecular formula is C25H22BrN3O6S2. The molecule has 0 aliphatic rings. The number of hydrogen-bond donors (Lipinski definition) is 1. The Labute approximate surface area is 225 Å². The lowest BCUT2D eigenvalue weighted by Crippen LogP contribution is -2.23. The second kappa shape index (κ2) is 11.3. The number of amides is 1. The van der Waals surface area contributed by atoms with Gasteiger partial charge in [-0.3, -0.25) is 14.3 Å². The molecular weight excluding hydrogens is 582 g/mol. The van der Waals surface area contributed by atoms with E-state index < -0.39 is 21.9 Å². The molecule has 3 aromatic carbocycles. The molecule has 0 atom stereocenters. The number of rotatable bonds is 8. The van der Waals surface area contributed by atoms with Crippen LogP contribution in [0.2, 0.25) is 0 Å². The van der Waals surface area contributed by atoms with Gasteiger partial charge in [0.2, 0.25) is 0 Å². The number of hydrogen-bond acceptors (Lipinski definition) is 7. The van der Waals surface area contributed by atoms with Gasteiger partial charge in [0, 0.05) is 15.7 Å². The van der Waals surface area contributed by atoms with Crippen LogP contribution in [0.25, 0.3) is 10.2 Å². The molecule has 0 spiro atoms. The third kappa shape index (κ3) is 6.27. The molecule has 1 N–H and O–H groups in total. The standard InChI is InChI=1S/C25H22BrN3O6S2/c1-3-35-23(30)15-29-21-13-6-17(26)14-22(21)36-25(29)27-24(31)16-4-7-18(8-5-16)28-37(32,33)20-11-9-19(34-2)10-12-20/h4-14,28H,3,15H2,1-2H3. The SMILES string of the molecule is CCOC(=O)Cn1c(=NC(=O)c2ccc(NS(=O)(=O)c3ccc(OC)cc3)cc2)sc2cc(Br)ccc21. The Morgan fingerprint density at radius 1 is 1.05 bits per heavy atom. The van der Waals surface area contributed by atoms with Crippen molar-refractivity contribution in [1.82, 2.24) is 4.57 Å². The topological polar surface area (TPSA) is 116 Å². The van der Waals surface area contributed by atoms with Crippen molar-refractivity contribution in [3.8, 4) is 5.75 Å². The highest BCUT2D eigenvalue weighted by atomic mass is 79.9. The molecule has 192 valence electrons. The Balaban J connectivity index is 1.59. The summed E-state index contributed by atoms with van der Waals surface area (Å²) in [6, 6.07) is 17.5. The Hall–Kier alpha value is -3.48. The van der Waals surface area contributed by atoms with E-state index in [1.165, 1.54) is 54.8 Å². The molecule has 0 saturated heterocycles. The fraction of sp³-hybridized carbons (Fsp3) is 0.160. The molecule has 0 saturated carbocycles. The van der Waals surface area contributed by atoms with Gasteiger partial charge < -0.3 is 14.0 Å². The highest BCUT2D eigenvalue weighted by Crippen LogP contribution is 2.23. The minimum atomic E-state index is -3.82. The molecule has 0 aliphatic carbocycles. The number of thiazole rings is 1. The summed E-state index contributed by atoms with van der Waals surface area (Å²) >= 11 is 4.70. The summed E-state index contributed by atoms with van der Waals surface area (Å²) in [7, 11) is -2.33. The Bertz CT molecular complexity index is 1630. The first-order valence-electron chi connectivity index (χ1n) is 11.0. The maximum Gasteiger partial charge on any atom is 0.326 e. The minimum Gasteiger partial charge on any atom is -0.497 e. The lowest BCUT2D eigenvalue weighted by atomic mass is 10.2. The van der Waals surface area contributed by atoms with Gasteiger partial charge >= 0.3 is 5.97 Å². The normalized spacial score (nSPS) is 11.9. The van der Waals surface area contributed by atoms with Gasteiger partial charge in [-0.25, -0.2) is 8.42 Å². The zero-order valence-corrected chi connectivity index (χ0v) is 23.0. The van der Waals surface area contributed by atoms with E-state index in [0.717, 1.165) is 14.7 Å². The molecule has 37 heavy (non-hydrogen) atoms. The smallest absolute Gasteiger partial charge is 0.326 e. The van der Waals surface area contributed by atoms with E-state index in [-0.39, 0.29) is 29.3 Å². The first-order valence-corrected chi connectivity index (χ1v) is 14.1. The van der Waals surface area contributed by atoms with Gasteiger partial charge in [-0.05, 0) is 73.7 Å². The quantitative estimate of drug-likeness (QED) is 0.295. The van der Waals surface area contributed by atoms with Gasteiger partial charge in [0.25, 0.3) is 15.9 Å². The van der Waals surface area contributed by atoms with E-state index >= 15 is 0 Å². The molecule has 0 aliphatic heterocycles. The highest BCUT2D eigenvalue weighted by molar-refractivity contribution is 9.10. The number of halogens is 1. The van der Waals surface area contributed by atoms with Crippen LogP contribution in [0.15, 0.2) is 81.1 Å². The van der Waals surface area contributed by atoms with E-state index in [1.54, 1.807) is 23.6 Å². The predicted octanol–water partition coefficient (Wildman–Crippen LogP) is 4.58. The van der Waals surface area contributed by atoms with Crippen molar-refractivity contribution in [1.29, 1.82) is 0 Å². The molecule has 1 amide bonds. The van der Waals surface area contributed by atoms with Crippen molar-refractivity contribution in [3.05, 3.63) is 81.6 Å². The summed E-state index contributed by atoms with van der Waals surface area (Å²) in [6.07, 6.45) is 0. The number of nitrogens with zero attached hydrogens (tertiary/aromatic N) is 2. The summed E-state index contributed by atoms with van der Waals surface area (Å²) in [5, 5.41) is 0. The number of sulfonamides is 1. The van der Waals surface area contributed by atoms with E-state index in [1.807, 2.05) is 18.2 Å². The zero-order chi connectivity index (χ0) is 26.6. The van der Waals surface area contributed by atoms with Gasteiger partial charge in [-0.15, -0.1) is 0 Å². The van der Waals surface area contributed by atoms with Crippen LogP contribution in [0.4, 0.5) is 5.69 Å². The van der Waals surface area contributed by atoms with Crippen molar-refractivity contribution in [2.75, 3.05) is 18.4 Å². The maximum absolute atomic E-state index is 13.0. The minimum absolute atomic E-state index is 0.0750. The lowest BCUT2D eigenvalue weighted by Gasteiger charge is -2.09. The fourth-order valence-electron chi connectivity index (χ4n) is 3.42. The fourth-order valence-corrected chi connectivity index (χ4v) is 6.06. The average molecular weight is 605 g/mol. The summed E-state index contributed by atoms with van der Waals surface area (Å²) in [4.78, 5) is 29.8. The van der Waals surface area contributed by atoms with Crippen LogP contribution in [-0.2, 0) is 26.1 Å². The number of esters is 1. The number of fused-ring (bicyclic) bond motifs is 1. The molecule has 0 unspecified atom stereocenters. The van der Waals surface area contributed by atoms with Gasteiger partial charge in [-0.2, -0.15) is 4.99 Å². The summed E-state index contributed by atoms with van der Waals surface area (Å²) in [5.41, 5.74) is 1.29. The van der Waals surface area contributed by atoms with Crippen LogP contribution in [0.3, 0.4) is 0 Å². The number of nitrogens with one attached hydrogen (secondary N) is 1. The van der Waals surface area contributed by atoms with Crippen molar-refractivity contribution in [3.63, 3.8) is 0 Å². The molecule has 1 aromatic heterocycles. The summed E-state index contributed by atoms with van der Waals surface area (Å²) < 4.78 is 41.3. The lowest BCUT2D eigenvalue weighted by molar-refractivity contribution is -0.143. The number of carbonyl (C=O) groups is 2. The molecule has 12 heteroatoms. The van der Waals surface area contributed by atoms with Gasteiger partial charge in [0.1, 0.15) is 12.3 Å². The van der Waals surface area contributed by atoms with E-state index in [4.69, 9.17) is 9.47 Å². The van der Waals surface area contributed by atoms with E-state index in [0.29, 0.717) is 10.6 Å². The first-order chi connectivity index (χ1) is 17.7. The second-order valence-corrected chi connectivity index (χ2v) is 11.3. The first kappa shape index (κ1) is 26.6. The van der Waals surface area contributed by atoms with Crippen LogP contribution >= 0.6 is 27.3 Å². The molecule has 0 fully saturated rings. The predicted molar refractivity (Wildman–Crippen MR) is 144 cm³/mol. The van der Waals surface area contributed by atoms with Crippen molar-refractivity contribution in [2.45, 2.75) is 18.4 Å². The number of ether oxygens (including phenoxy) is 2. The number of methoxy groups -OCH3 is 1. The van der Waals surface area contributed by atoms with Gasteiger partial charge in [0.05, 0.1) is 28.8 Å². The van der Waals surface area contributed by atoms with Crippen LogP contribution in [0.1, 0.15) is 17.3 Å². The third-order valence-corrected chi connectivity index (χ3v) is 8.12. The molecule has 0 radical (unpaired) electrons. The van der Waals surface area contributed by atoms with Crippen LogP contribution < -0.4 is 14.3 Å². The molecule has 4 aromatic rings. The van der Waals surface area contributed by atoms with Crippen LogP contribution in [-0.4, -0.2) is 38.6 Å². The van der Waals surface area contributed by atoms with Crippen LogP contribution in [0, 0.1) is 0 Å². The maximum atomic E-state index is 13.0. The van der Waals surface area contributed by atoms with E-state index in [9.17, 15) is 18.0 Å². The van der Waals surface area contributed by atoms with Gasteiger partial charge in [-0.1, -0.05) is 27.3 Å². The molecule has 9 nitrogen and oxygen atoms in total. The number of anilines is 1. The van der Waals surface area contributed by atoms with Crippen molar-refractivity contribution >= 4 is 65.1 Å². The molecule has 1 heterocycles. The van der Waals surface area contributed by atoms with Crippen LogP contribution in [0.5, 0.6) is 5.75 Å². The van der Waals surface area contributed by atoms with Crippen molar-refractivity contribution < 1.29 is 27.5 Å².